The van der Waals surface area contributed by atoms with E-state index in [1.165, 1.54) is 21.3 Å². The van der Waals surface area contributed by atoms with Crippen molar-refractivity contribution in [3.8, 4) is 29.1 Å². The molecule has 12 nitrogen and oxygen atoms in total. The van der Waals surface area contributed by atoms with Gasteiger partial charge in [0.05, 0.1) is 46.4 Å². The quantitative estimate of drug-likeness (QED) is 0.0787. The van der Waals surface area contributed by atoms with E-state index in [0.717, 1.165) is 39.5 Å². The van der Waals surface area contributed by atoms with Crippen LogP contribution in [0.4, 0.5) is 0 Å². The summed E-state index contributed by atoms with van der Waals surface area (Å²) in [5.74, 6) is 2.32. The van der Waals surface area contributed by atoms with Gasteiger partial charge in [0.25, 0.3) is 0 Å². The van der Waals surface area contributed by atoms with Crippen LogP contribution in [0, 0.1) is 39.0 Å². The van der Waals surface area contributed by atoms with Crippen LogP contribution in [-0.2, 0) is 9.53 Å². The summed E-state index contributed by atoms with van der Waals surface area (Å²) < 4.78 is 30.8. The van der Waals surface area contributed by atoms with E-state index in [1.54, 1.807) is 96.0 Å². The molecular formula is C45H58BrNO11. The molecule has 0 aliphatic rings. The molecule has 0 aliphatic heterocycles. The highest BCUT2D eigenvalue weighted by atomic mass is 79.9. The Bertz CT molecular complexity index is 1960. The standard InChI is InChI=1S/C12H14O4.C10H11BrO2.C10H14O3.C10H12O2.C2H3N.CH4/c1-8-4-5-10(6-12(8)15-3)11(14)7-16-9(2)13;2*1-7-3-4-8(9(12)6-11)5-10(7)13-2;1-7-4-5-9(8(2)11)6-10(7)12-3;1-2-3;/h4-6H,7H2,1-3H3;3-5H,6H2,1-2H3;3-5,9,11-12H,6H2,1-2H3;4-6H,1-3H3;1H3;1H4/i;;;;;1H. The van der Waals surface area contributed by atoms with Crippen LogP contribution >= 0.6 is 15.9 Å². The van der Waals surface area contributed by atoms with Gasteiger partial charge in [-0.25, -0.2) is 0 Å². The van der Waals surface area contributed by atoms with Crippen molar-refractivity contribution in [2.45, 2.75) is 62.0 Å². The molecule has 1 atom stereocenters. The lowest BCUT2D eigenvalue weighted by Crippen LogP contribution is -2.12. The van der Waals surface area contributed by atoms with Crippen LogP contribution < -0.4 is 18.9 Å². The number of halogens is 1. The average Bonchev–Trinajstić information content (AvgIpc) is 3.24. The molecule has 0 fully saturated rings. The lowest BCUT2D eigenvalue weighted by molar-refractivity contribution is -0.139. The van der Waals surface area contributed by atoms with Crippen LogP contribution in [-0.4, -0.2) is 80.5 Å². The van der Waals surface area contributed by atoms with E-state index in [1.807, 2.05) is 45.9 Å². The lowest BCUT2D eigenvalue weighted by atomic mass is 10.1. The normalized spacial score (nSPS) is 9.93. The number of alkyl halides is 1. The number of Topliss-reactive ketones (excluding diaryl/α,β-unsaturated/α-hetero) is 3. The first-order valence-electron chi connectivity index (χ1n) is 18.4. The Morgan fingerprint density at radius 2 is 1.03 bits per heavy atom. The van der Waals surface area contributed by atoms with Gasteiger partial charge < -0.3 is 33.9 Å². The van der Waals surface area contributed by atoms with E-state index in [0.29, 0.717) is 33.3 Å². The summed E-state index contributed by atoms with van der Waals surface area (Å²) in [4.78, 5) is 44.4. The van der Waals surface area contributed by atoms with Gasteiger partial charge in [-0.05, 0) is 86.7 Å². The lowest BCUT2D eigenvalue weighted by Gasteiger charge is -2.10. The fourth-order valence-electron chi connectivity index (χ4n) is 4.50. The first kappa shape index (κ1) is 52.5. The third-order valence-electron chi connectivity index (χ3n) is 7.79. The number of ketones is 3. The van der Waals surface area contributed by atoms with Crippen molar-refractivity contribution >= 4 is 39.2 Å². The molecule has 0 amide bonds. The van der Waals surface area contributed by atoms with Crippen molar-refractivity contribution < 1.29 is 54.4 Å². The molecule has 0 aromatic heterocycles. The monoisotopic (exact) mass is 867 g/mol. The maximum Gasteiger partial charge on any atom is 0.303 e. The Hall–Kier alpha value is -5.55. The fraction of sp³-hybridized carbons (Fsp3) is 0.356. The van der Waals surface area contributed by atoms with E-state index in [4.69, 9.17) is 30.7 Å². The number of benzene rings is 4. The molecule has 4 aromatic carbocycles. The van der Waals surface area contributed by atoms with Gasteiger partial charge in [0.2, 0.25) is 0 Å². The first-order valence-corrected chi connectivity index (χ1v) is 18.6. The molecule has 0 bridgehead atoms. The zero-order valence-corrected chi connectivity index (χ0v) is 37.1. The number of esters is 1. The summed E-state index contributed by atoms with van der Waals surface area (Å²) in [6.45, 7) is 11.4. The van der Waals surface area contributed by atoms with Gasteiger partial charge in [-0.3, -0.25) is 19.2 Å². The van der Waals surface area contributed by atoms with Crippen molar-refractivity contribution in [1.82, 2.24) is 0 Å². The number of aliphatic hydroxyl groups excluding tert-OH is 2. The minimum atomic E-state index is -0.825. The van der Waals surface area contributed by atoms with Crippen molar-refractivity contribution in [2.75, 3.05) is 47.0 Å². The Balaban J connectivity index is 0. The van der Waals surface area contributed by atoms with Crippen molar-refractivity contribution in [3.63, 3.8) is 0 Å². The number of methoxy groups -OCH3 is 4. The van der Waals surface area contributed by atoms with E-state index in [2.05, 4.69) is 20.7 Å². The summed E-state index contributed by atoms with van der Waals surface area (Å²) in [6, 6.07) is 23.1. The second-order valence-electron chi connectivity index (χ2n) is 12.0. The molecule has 0 radical (unpaired) electrons. The number of hydrogen-bond donors (Lipinski definition) is 2. The van der Waals surface area contributed by atoms with Crippen LogP contribution in [0.25, 0.3) is 0 Å². The predicted octanol–water partition coefficient (Wildman–Crippen LogP) is 8.73. The number of carbonyl (C=O) groups excluding carboxylic acids is 4. The molecule has 2 N–H and O–H groups in total. The second kappa shape index (κ2) is 29.7. The SMILES string of the molecule is CC#N.COc1cc(C(=O)CBr)ccc1C.COc1cc(C(=O)COC(C)=O)ccc1C.COc1cc(C(C)=O)ccc1C.COc1cc(C(O)CO)ccc1C.[1H]C. The van der Waals surface area contributed by atoms with Gasteiger partial charge in [-0.2, -0.15) is 5.26 Å². The molecular weight excluding hydrogens is 810 g/mol. The number of rotatable bonds is 12. The number of nitriles is 1. The molecule has 0 saturated carbocycles. The first-order chi connectivity index (χ1) is 28.0. The number of nitrogens with zero attached hydrogens (tertiary/aromatic N) is 1. The maximum absolute atomic E-state index is 11.6. The molecule has 1 unspecified atom stereocenters. The minimum absolute atomic E-state index is 0.0632. The molecule has 0 spiro atoms. The highest BCUT2D eigenvalue weighted by Gasteiger charge is 2.11. The molecule has 316 valence electrons. The van der Waals surface area contributed by atoms with Gasteiger partial charge in [0.15, 0.2) is 24.0 Å². The third kappa shape index (κ3) is 19.5. The summed E-state index contributed by atoms with van der Waals surface area (Å²) in [6.07, 6.45) is -0.825. The van der Waals surface area contributed by atoms with E-state index >= 15 is 0 Å². The number of hydrogen-bond acceptors (Lipinski definition) is 12. The minimum Gasteiger partial charge on any atom is -0.496 e. The van der Waals surface area contributed by atoms with Gasteiger partial charge in [-0.15, -0.1) is 0 Å². The Morgan fingerprint density at radius 3 is 1.38 bits per heavy atom. The van der Waals surface area contributed by atoms with E-state index < -0.39 is 12.1 Å². The topological polar surface area (TPSA) is 179 Å². The third-order valence-corrected chi connectivity index (χ3v) is 8.30. The number of ether oxygens (including phenoxy) is 5. The van der Waals surface area contributed by atoms with E-state index in [-0.39, 0.29) is 30.6 Å². The van der Waals surface area contributed by atoms with Crippen LogP contribution in [0.5, 0.6) is 23.0 Å². The van der Waals surface area contributed by atoms with Crippen LogP contribution in [0.15, 0.2) is 72.8 Å². The summed E-state index contributed by atoms with van der Waals surface area (Å²) >= 11 is 3.13. The highest BCUT2D eigenvalue weighted by molar-refractivity contribution is 9.09. The van der Waals surface area contributed by atoms with Crippen LogP contribution in [0.1, 0.15) is 94.5 Å². The molecule has 0 saturated heterocycles. The fourth-order valence-corrected chi connectivity index (χ4v) is 4.83. The Morgan fingerprint density at radius 1 is 0.690 bits per heavy atom. The maximum atomic E-state index is 11.6. The summed E-state index contributed by atoms with van der Waals surface area (Å²) in [7, 11) is 7.58. The zero-order valence-electron chi connectivity index (χ0n) is 36.5. The summed E-state index contributed by atoms with van der Waals surface area (Å²) in [5, 5.41) is 25.7. The van der Waals surface area contributed by atoms with Crippen molar-refractivity contribution in [3.05, 3.63) is 117 Å². The molecule has 4 aromatic rings. The number of aryl methyl sites for hydroxylation is 4. The largest absolute Gasteiger partial charge is 0.496 e. The van der Waals surface area contributed by atoms with Gasteiger partial charge in [0.1, 0.15) is 29.1 Å². The van der Waals surface area contributed by atoms with Crippen LogP contribution in [0.2, 0.25) is 0 Å². The molecule has 0 aliphatic carbocycles. The second-order valence-corrected chi connectivity index (χ2v) is 12.6. The highest BCUT2D eigenvalue weighted by Crippen LogP contribution is 2.23. The van der Waals surface area contributed by atoms with Gasteiger partial charge >= 0.3 is 5.97 Å². The Kier molecular flexibility index (Phi) is 26.8. The average molecular weight is 869 g/mol. The molecule has 58 heavy (non-hydrogen) atoms. The zero-order chi connectivity index (χ0) is 45.7. The van der Waals surface area contributed by atoms with Gasteiger partial charge in [-0.1, -0.05) is 71.9 Å². The van der Waals surface area contributed by atoms with Crippen molar-refractivity contribution in [2.24, 2.45) is 0 Å². The summed E-state index contributed by atoms with van der Waals surface area (Å²) in [5.41, 5.74) is 6.56. The number of carbonyl (C=O) groups is 4. The van der Waals surface area contributed by atoms with E-state index in [9.17, 15) is 24.3 Å². The van der Waals surface area contributed by atoms with Crippen molar-refractivity contribution in [1.29, 1.82) is 5.26 Å². The smallest absolute Gasteiger partial charge is 0.303 e. The molecule has 4 rings (SSSR count). The van der Waals surface area contributed by atoms with Crippen LogP contribution in [0.3, 0.4) is 0 Å². The molecule has 0 heterocycles. The molecule has 13 heteroatoms. The Labute approximate surface area is 353 Å². The van der Waals surface area contributed by atoms with Gasteiger partial charge in [0, 0.05) is 31.9 Å². The number of aliphatic hydroxyl groups is 2. The predicted molar refractivity (Wildman–Crippen MR) is 230 cm³/mol.